The molecule has 1 fully saturated rings. The molecule has 12 heteroatoms. The fourth-order valence-electron chi connectivity index (χ4n) is 4.32. The van der Waals surface area contributed by atoms with Gasteiger partial charge in [-0.25, -0.2) is 19.2 Å². The zero-order valence-electron chi connectivity index (χ0n) is 22.2. The first kappa shape index (κ1) is 28.2. The number of nitrogens with one attached hydrogen (secondary N) is 1. The second-order valence-electron chi connectivity index (χ2n) is 9.29. The highest BCUT2D eigenvalue weighted by molar-refractivity contribution is 5.91. The van der Waals surface area contributed by atoms with Crippen molar-refractivity contribution in [1.82, 2.24) is 14.8 Å². The average molecular weight is 572 g/mol. The minimum Gasteiger partial charge on any atom is -0.459 e. The van der Waals surface area contributed by atoms with E-state index in [2.05, 4.69) is 10.1 Å². The van der Waals surface area contributed by atoms with Crippen LogP contribution in [0.2, 0.25) is 0 Å². The molecule has 1 aliphatic rings. The first-order valence-corrected chi connectivity index (χ1v) is 12.9. The predicted molar refractivity (Wildman–Crippen MR) is 146 cm³/mol. The lowest BCUT2D eigenvalue weighted by Gasteiger charge is -2.24. The number of carbonyl (C=O) groups excluding carboxylic acids is 3. The number of hydrogen-bond donors (Lipinski definition) is 1. The predicted octanol–water partition coefficient (Wildman–Crippen LogP) is 2.45. The van der Waals surface area contributed by atoms with Gasteiger partial charge in [0.05, 0.1) is 16.7 Å². The van der Waals surface area contributed by atoms with E-state index in [0.29, 0.717) is 0 Å². The lowest BCUT2D eigenvalue weighted by atomic mass is 10.1. The summed E-state index contributed by atoms with van der Waals surface area (Å²) in [6.07, 6.45) is -5.47. The van der Waals surface area contributed by atoms with Crippen LogP contribution in [0, 0.1) is 6.92 Å². The summed E-state index contributed by atoms with van der Waals surface area (Å²) in [6, 6.07) is 24.3. The molecular formula is C30H25N3O9. The lowest BCUT2D eigenvalue weighted by molar-refractivity contribution is -0.0701. The maximum Gasteiger partial charge on any atom is 0.347 e. The maximum atomic E-state index is 13.2. The molecule has 1 N–H and O–H groups in total. The molecule has 0 spiro atoms. The number of benzene rings is 3. The molecule has 12 nitrogen and oxygen atoms in total. The van der Waals surface area contributed by atoms with Crippen molar-refractivity contribution in [2.45, 2.75) is 31.5 Å². The van der Waals surface area contributed by atoms with Crippen molar-refractivity contribution >= 4 is 17.9 Å². The number of aryl methyl sites for hydroxylation is 1. The summed E-state index contributed by atoms with van der Waals surface area (Å²) in [6.45, 7) is 0.939. The summed E-state index contributed by atoms with van der Waals surface area (Å²) in [7, 11) is 0. The van der Waals surface area contributed by atoms with Crippen LogP contribution in [-0.4, -0.2) is 57.6 Å². The third-order valence-electron chi connectivity index (χ3n) is 6.43. The highest BCUT2D eigenvalue weighted by Gasteiger charge is 2.52. The molecule has 0 bridgehead atoms. The quantitative estimate of drug-likeness (QED) is 0.246. The Balaban J connectivity index is 1.52. The van der Waals surface area contributed by atoms with E-state index in [4.69, 9.17) is 18.9 Å². The number of aromatic amines is 1. The van der Waals surface area contributed by atoms with Crippen molar-refractivity contribution in [3.05, 3.63) is 134 Å². The van der Waals surface area contributed by atoms with Gasteiger partial charge in [0.2, 0.25) is 0 Å². The van der Waals surface area contributed by atoms with Crippen molar-refractivity contribution in [2.75, 3.05) is 6.61 Å². The van der Waals surface area contributed by atoms with Gasteiger partial charge in [-0.2, -0.15) is 9.78 Å². The molecule has 4 atom stereocenters. The van der Waals surface area contributed by atoms with Crippen LogP contribution >= 0.6 is 0 Å². The van der Waals surface area contributed by atoms with Crippen LogP contribution in [0.5, 0.6) is 0 Å². The summed E-state index contributed by atoms with van der Waals surface area (Å²) >= 11 is 0. The molecule has 4 aromatic rings. The lowest BCUT2D eigenvalue weighted by Crippen LogP contribution is -2.44. The number of H-pyrrole nitrogens is 1. The van der Waals surface area contributed by atoms with Crippen LogP contribution in [-0.2, 0) is 18.9 Å². The summed E-state index contributed by atoms with van der Waals surface area (Å²) in [4.78, 5) is 66.0. The standard InChI is InChI=1S/C30H25N3O9/c1-18-25(34)31-30(38)33(32-18)26-24(42-29(37)21-15-9-4-10-16-21)23(41-28(36)20-13-7-3-8-14-20)22(40-26)17-39-27(35)19-11-5-2-6-12-19/h2-16,22-24,26H,17H2,1H3,(H,31,34,38)/t22-,23+,24-,26+/m0/s1. The van der Waals surface area contributed by atoms with Gasteiger partial charge < -0.3 is 18.9 Å². The summed E-state index contributed by atoms with van der Waals surface area (Å²) in [5.74, 6) is -2.25. The summed E-state index contributed by atoms with van der Waals surface area (Å²) < 4.78 is 23.9. The molecule has 0 radical (unpaired) electrons. The van der Waals surface area contributed by atoms with Gasteiger partial charge >= 0.3 is 23.6 Å². The third-order valence-corrected chi connectivity index (χ3v) is 6.43. The molecule has 5 rings (SSSR count). The molecule has 0 unspecified atom stereocenters. The number of hydrogen-bond acceptors (Lipinski definition) is 10. The highest BCUT2D eigenvalue weighted by atomic mass is 16.7. The Labute approximate surface area is 238 Å². The molecule has 3 aromatic carbocycles. The summed E-state index contributed by atoms with van der Waals surface area (Å²) in [5, 5.41) is 4.03. The van der Waals surface area contributed by atoms with Crippen LogP contribution in [0.3, 0.4) is 0 Å². The Morgan fingerprint density at radius 2 is 1.24 bits per heavy atom. The van der Waals surface area contributed by atoms with Gasteiger partial charge in [0.25, 0.3) is 5.56 Å². The van der Waals surface area contributed by atoms with Crippen molar-refractivity contribution in [2.24, 2.45) is 0 Å². The van der Waals surface area contributed by atoms with Crippen LogP contribution in [0.4, 0.5) is 0 Å². The first-order valence-electron chi connectivity index (χ1n) is 12.9. The highest BCUT2D eigenvalue weighted by Crippen LogP contribution is 2.34. The van der Waals surface area contributed by atoms with Gasteiger partial charge in [-0.05, 0) is 43.3 Å². The number of ether oxygens (including phenoxy) is 4. The molecular weight excluding hydrogens is 546 g/mol. The Kier molecular flexibility index (Phi) is 8.34. The molecule has 1 aliphatic heterocycles. The third kappa shape index (κ3) is 6.18. The molecule has 214 valence electrons. The zero-order valence-corrected chi connectivity index (χ0v) is 22.2. The van der Waals surface area contributed by atoms with Crippen LogP contribution < -0.4 is 11.2 Å². The molecule has 1 aromatic heterocycles. The number of esters is 3. The van der Waals surface area contributed by atoms with Gasteiger partial charge in [-0.3, -0.25) is 9.78 Å². The molecule has 0 aliphatic carbocycles. The molecule has 42 heavy (non-hydrogen) atoms. The second kappa shape index (κ2) is 12.4. The van der Waals surface area contributed by atoms with Crippen molar-refractivity contribution in [3.8, 4) is 0 Å². The SMILES string of the molecule is Cc1nn([C@@H]2O[C@@H](COC(=O)c3ccccc3)[C@@H](OC(=O)c3ccccc3)[C@@H]2OC(=O)c2ccccc2)c(=O)[nH]c1=O. The monoisotopic (exact) mass is 571 g/mol. The van der Waals surface area contributed by atoms with Crippen LogP contribution in [0.1, 0.15) is 43.0 Å². The topological polar surface area (TPSA) is 156 Å². The smallest absolute Gasteiger partial charge is 0.347 e. The zero-order chi connectivity index (χ0) is 29.6. The largest absolute Gasteiger partial charge is 0.459 e. The van der Waals surface area contributed by atoms with Crippen LogP contribution in [0.15, 0.2) is 101 Å². The van der Waals surface area contributed by atoms with E-state index in [-0.39, 0.29) is 22.4 Å². The number of rotatable bonds is 8. The van der Waals surface area contributed by atoms with Gasteiger partial charge in [0.1, 0.15) is 18.4 Å². The Morgan fingerprint density at radius 1 is 0.762 bits per heavy atom. The average Bonchev–Trinajstić information content (AvgIpc) is 3.34. The molecule has 0 saturated carbocycles. The fraction of sp³-hybridized carbons (Fsp3) is 0.200. The molecule has 2 heterocycles. The second-order valence-corrected chi connectivity index (χ2v) is 9.29. The van der Waals surface area contributed by atoms with Crippen molar-refractivity contribution in [1.29, 1.82) is 0 Å². The van der Waals surface area contributed by atoms with E-state index >= 15 is 0 Å². The normalized spacial score (nSPS) is 19.5. The number of aromatic nitrogens is 3. The number of carbonyl (C=O) groups is 3. The van der Waals surface area contributed by atoms with E-state index < -0.39 is 60.3 Å². The summed E-state index contributed by atoms with van der Waals surface area (Å²) in [5.41, 5.74) is -1.08. The first-order chi connectivity index (χ1) is 20.3. The van der Waals surface area contributed by atoms with E-state index in [1.54, 1.807) is 66.7 Å². The Hall–Kier alpha value is -5.36. The molecule has 1 saturated heterocycles. The van der Waals surface area contributed by atoms with E-state index in [0.717, 1.165) is 4.68 Å². The van der Waals surface area contributed by atoms with E-state index in [1.807, 2.05) is 0 Å². The van der Waals surface area contributed by atoms with Crippen LogP contribution in [0.25, 0.3) is 0 Å². The minimum atomic E-state index is -1.46. The van der Waals surface area contributed by atoms with Gasteiger partial charge in [0, 0.05) is 0 Å². The van der Waals surface area contributed by atoms with Gasteiger partial charge in [-0.15, -0.1) is 0 Å². The van der Waals surface area contributed by atoms with Crippen molar-refractivity contribution in [3.63, 3.8) is 0 Å². The minimum absolute atomic E-state index is 0.0666. The van der Waals surface area contributed by atoms with E-state index in [9.17, 15) is 24.0 Å². The van der Waals surface area contributed by atoms with Gasteiger partial charge in [-0.1, -0.05) is 54.6 Å². The fourth-order valence-corrected chi connectivity index (χ4v) is 4.32. The van der Waals surface area contributed by atoms with Gasteiger partial charge in [0.15, 0.2) is 18.4 Å². The maximum absolute atomic E-state index is 13.2. The number of nitrogens with zero attached hydrogens (tertiary/aromatic N) is 2. The Bertz CT molecular complexity index is 1690. The Morgan fingerprint density at radius 3 is 1.76 bits per heavy atom. The molecule has 0 amide bonds. The van der Waals surface area contributed by atoms with E-state index in [1.165, 1.54) is 31.2 Å². The van der Waals surface area contributed by atoms with Crippen molar-refractivity contribution < 1.29 is 33.3 Å².